The number of hydrogen-bond acceptors (Lipinski definition) is 5. The molecule has 2 rings (SSSR count). The number of rotatable bonds is 4. The second-order valence-electron chi connectivity index (χ2n) is 3.35. The normalized spacial score (nSPS) is 9.21. The first-order valence-electron chi connectivity index (χ1n) is 6.06. The molecule has 0 unspecified atom stereocenters. The summed E-state index contributed by atoms with van der Waals surface area (Å²) in [4.78, 5) is 5.26. The summed E-state index contributed by atoms with van der Waals surface area (Å²) in [7, 11) is 1.63. The van der Waals surface area contributed by atoms with Crippen molar-refractivity contribution < 1.29 is 4.74 Å². The van der Waals surface area contributed by atoms with E-state index in [0.29, 0.717) is 0 Å². The SMILES string of the molecule is CC.COc1ccnc(NSc2ccc(N)cc2)c1. The molecule has 2 aromatic rings. The number of aromatic nitrogens is 1. The molecule has 0 spiro atoms. The zero-order valence-corrected chi connectivity index (χ0v) is 12.2. The average molecular weight is 277 g/mol. The fraction of sp³-hybridized carbons (Fsp3) is 0.214. The predicted molar refractivity (Wildman–Crippen MR) is 82.5 cm³/mol. The Bertz CT molecular complexity index is 488. The Labute approximate surface area is 118 Å². The van der Waals surface area contributed by atoms with E-state index in [1.165, 1.54) is 11.9 Å². The molecular formula is C14H19N3OS. The number of ether oxygens (including phenoxy) is 1. The van der Waals surface area contributed by atoms with Gasteiger partial charge in [0.25, 0.3) is 0 Å². The van der Waals surface area contributed by atoms with Gasteiger partial charge < -0.3 is 15.2 Å². The summed E-state index contributed by atoms with van der Waals surface area (Å²) in [5.41, 5.74) is 6.37. The zero-order chi connectivity index (χ0) is 14.1. The van der Waals surface area contributed by atoms with Crippen LogP contribution in [0.5, 0.6) is 5.75 Å². The number of nitrogens with two attached hydrogens (primary N) is 1. The molecule has 0 radical (unpaired) electrons. The maximum absolute atomic E-state index is 5.61. The largest absolute Gasteiger partial charge is 0.497 e. The van der Waals surface area contributed by atoms with Gasteiger partial charge in [-0.2, -0.15) is 0 Å². The maximum Gasteiger partial charge on any atom is 0.139 e. The molecule has 0 bridgehead atoms. The molecule has 0 fully saturated rings. The van der Waals surface area contributed by atoms with Crippen molar-refractivity contribution in [1.29, 1.82) is 0 Å². The predicted octanol–water partition coefficient (Wildman–Crippen LogP) is 3.82. The molecule has 102 valence electrons. The molecule has 1 aromatic carbocycles. The van der Waals surface area contributed by atoms with Crippen LogP contribution in [-0.4, -0.2) is 12.1 Å². The summed E-state index contributed by atoms with van der Waals surface area (Å²) in [6, 6.07) is 11.3. The number of anilines is 2. The minimum Gasteiger partial charge on any atom is -0.497 e. The van der Waals surface area contributed by atoms with E-state index in [4.69, 9.17) is 10.5 Å². The van der Waals surface area contributed by atoms with E-state index in [1.54, 1.807) is 19.4 Å². The summed E-state index contributed by atoms with van der Waals surface area (Å²) >= 11 is 1.48. The van der Waals surface area contributed by atoms with Crippen molar-refractivity contribution in [2.75, 3.05) is 17.6 Å². The summed E-state index contributed by atoms with van der Waals surface area (Å²) < 4.78 is 8.26. The van der Waals surface area contributed by atoms with Crippen LogP contribution in [0.4, 0.5) is 11.5 Å². The van der Waals surface area contributed by atoms with Crippen LogP contribution in [0.2, 0.25) is 0 Å². The van der Waals surface area contributed by atoms with Crippen molar-refractivity contribution in [3.05, 3.63) is 42.6 Å². The lowest BCUT2D eigenvalue weighted by molar-refractivity contribution is 0.414. The first-order valence-corrected chi connectivity index (χ1v) is 6.88. The Balaban J connectivity index is 0.000000861. The van der Waals surface area contributed by atoms with E-state index in [-0.39, 0.29) is 0 Å². The molecule has 3 N–H and O–H groups in total. The summed E-state index contributed by atoms with van der Waals surface area (Å²) in [6.45, 7) is 4.00. The van der Waals surface area contributed by atoms with Crippen LogP contribution >= 0.6 is 11.9 Å². The summed E-state index contributed by atoms with van der Waals surface area (Å²) in [5.74, 6) is 1.53. The van der Waals surface area contributed by atoms with E-state index < -0.39 is 0 Å². The molecule has 5 heteroatoms. The van der Waals surface area contributed by atoms with Gasteiger partial charge in [-0.25, -0.2) is 4.98 Å². The maximum atomic E-state index is 5.61. The van der Waals surface area contributed by atoms with Gasteiger partial charge >= 0.3 is 0 Å². The van der Waals surface area contributed by atoms with E-state index in [9.17, 15) is 0 Å². The van der Waals surface area contributed by atoms with Gasteiger partial charge in [-0.3, -0.25) is 0 Å². The molecule has 0 atom stereocenters. The summed E-state index contributed by atoms with van der Waals surface area (Å²) in [6.07, 6.45) is 1.70. The van der Waals surface area contributed by atoms with Crippen molar-refractivity contribution in [1.82, 2.24) is 4.98 Å². The van der Waals surface area contributed by atoms with Crippen molar-refractivity contribution in [3.8, 4) is 5.75 Å². The molecular weight excluding hydrogens is 258 g/mol. The van der Waals surface area contributed by atoms with Gasteiger partial charge in [-0.15, -0.1) is 0 Å². The molecule has 1 aromatic heterocycles. The highest BCUT2D eigenvalue weighted by Crippen LogP contribution is 2.22. The fourth-order valence-corrected chi connectivity index (χ4v) is 1.85. The number of nitrogens with one attached hydrogen (secondary N) is 1. The highest BCUT2D eigenvalue weighted by atomic mass is 32.2. The molecule has 0 aliphatic carbocycles. The van der Waals surface area contributed by atoms with Gasteiger partial charge in [-0.1, -0.05) is 13.8 Å². The third-order valence-electron chi connectivity index (χ3n) is 2.12. The Hall–Kier alpha value is -1.88. The first-order chi connectivity index (χ1) is 9.28. The van der Waals surface area contributed by atoms with Crippen LogP contribution in [0.1, 0.15) is 13.8 Å². The lowest BCUT2D eigenvalue weighted by Crippen LogP contribution is -1.92. The highest BCUT2D eigenvalue weighted by molar-refractivity contribution is 8.00. The molecule has 0 aliphatic rings. The van der Waals surface area contributed by atoms with E-state index in [0.717, 1.165) is 22.2 Å². The van der Waals surface area contributed by atoms with Crippen molar-refractivity contribution in [2.24, 2.45) is 0 Å². The van der Waals surface area contributed by atoms with Crippen LogP contribution in [0.15, 0.2) is 47.5 Å². The molecule has 0 saturated heterocycles. The first kappa shape index (κ1) is 15.2. The topological polar surface area (TPSA) is 60.2 Å². The van der Waals surface area contributed by atoms with Gasteiger partial charge in [0, 0.05) is 22.8 Å². The van der Waals surface area contributed by atoms with E-state index in [2.05, 4.69) is 9.71 Å². The van der Waals surface area contributed by atoms with Gasteiger partial charge in [-0.05, 0) is 42.3 Å². The second-order valence-corrected chi connectivity index (χ2v) is 4.23. The van der Waals surface area contributed by atoms with Crippen molar-refractivity contribution in [2.45, 2.75) is 18.7 Å². The number of hydrogen-bond donors (Lipinski definition) is 2. The molecule has 1 heterocycles. The van der Waals surface area contributed by atoms with Gasteiger partial charge in [0.15, 0.2) is 0 Å². The number of nitrogen functional groups attached to an aromatic ring is 1. The van der Waals surface area contributed by atoms with E-state index >= 15 is 0 Å². The fourth-order valence-electron chi connectivity index (χ4n) is 1.24. The number of methoxy groups -OCH3 is 1. The Morgan fingerprint density at radius 3 is 2.47 bits per heavy atom. The van der Waals surface area contributed by atoms with Crippen LogP contribution < -0.4 is 15.2 Å². The number of benzene rings is 1. The molecule has 4 nitrogen and oxygen atoms in total. The molecule has 0 amide bonds. The average Bonchev–Trinajstić information content (AvgIpc) is 2.49. The minimum atomic E-state index is 0.756. The molecule has 0 saturated carbocycles. The molecule has 19 heavy (non-hydrogen) atoms. The number of nitrogens with zero attached hydrogens (tertiary/aromatic N) is 1. The van der Waals surface area contributed by atoms with Crippen LogP contribution in [0.25, 0.3) is 0 Å². The highest BCUT2D eigenvalue weighted by Gasteiger charge is 1.98. The minimum absolute atomic E-state index is 0.756. The second kappa shape index (κ2) is 8.26. The lowest BCUT2D eigenvalue weighted by Gasteiger charge is -2.06. The molecule has 0 aliphatic heterocycles. The third kappa shape index (κ3) is 5.09. The quantitative estimate of drug-likeness (QED) is 0.657. The monoisotopic (exact) mass is 277 g/mol. The zero-order valence-electron chi connectivity index (χ0n) is 11.4. The van der Waals surface area contributed by atoms with Gasteiger partial charge in [0.05, 0.1) is 7.11 Å². The Morgan fingerprint density at radius 2 is 1.84 bits per heavy atom. The van der Waals surface area contributed by atoms with Gasteiger partial charge in [0.1, 0.15) is 11.6 Å². The van der Waals surface area contributed by atoms with E-state index in [1.807, 2.05) is 44.2 Å². The van der Waals surface area contributed by atoms with Crippen molar-refractivity contribution in [3.63, 3.8) is 0 Å². The lowest BCUT2D eigenvalue weighted by atomic mass is 10.3. The third-order valence-corrected chi connectivity index (χ3v) is 2.94. The smallest absolute Gasteiger partial charge is 0.139 e. The van der Waals surface area contributed by atoms with Gasteiger partial charge in [0.2, 0.25) is 0 Å². The van der Waals surface area contributed by atoms with Crippen LogP contribution in [-0.2, 0) is 0 Å². The standard InChI is InChI=1S/C12H13N3OS.C2H6/c1-16-10-6-7-14-12(8-10)15-17-11-4-2-9(13)3-5-11;1-2/h2-8H,13H2,1H3,(H,14,15);1-2H3. The Kier molecular flexibility index (Phi) is 6.60. The van der Waals surface area contributed by atoms with Crippen LogP contribution in [0, 0.1) is 0 Å². The summed E-state index contributed by atoms with van der Waals surface area (Å²) in [5, 5.41) is 0. The Morgan fingerprint density at radius 1 is 1.16 bits per heavy atom. The number of pyridine rings is 1. The van der Waals surface area contributed by atoms with Crippen LogP contribution in [0.3, 0.4) is 0 Å². The van der Waals surface area contributed by atoms with Crippen molar-refractivity contribution >= 4 is 23.5 Å².